The van der Waals surface area contributed by atoms with Crippen LogP contribution in [0, 0.1) is 0 Å². The number of esters is 4. The lowest BCUT2D eigenvalue weighted by Crippen LogP contribution is -2.18. The summed E-state index contributed by atoms with van der Waals surface area (Å²) in [4.78, 5) is 50.0. The third-order valence-electron chi connectivity index (χ3n) is 8.41. The van der Waals surface area contributed by atoms with Gasteiger partial charge in [-0.1, -0.05) is 72.8 Å². The van der Waals surface area contributed by atoms with E-state index in [1.807, 2.05) is 97.1 Å². The van der Waals surface area contributed by atoms with Crippen LogP contribution < -0.4 is 0 Å². The van der Waals surface area contributed by atoms with Crippen LogP contribution in [0.25, 0.3) is 54.2 Å². The second-order valence-corrected chi connectivity index (χ2v) is 11.3. The molecule has 0 saturated carbocycles. The summed E-state index contributed by atoms with van der Waals surface area (Å²) in [5.41, 5.74) is 2.66. The molecule has 0 radical (unpaired) electrons. The van der Waals surface area contributed by atoms with Gasteiger partial charge in [-0.15, -0.1) is 0 Å². The largest absolute Gasteiger partial charge is 0.462 e. The maximum Gasteiger partial charge on any atom is 0.342 e. The highest BCUT2D eigenvalue weighted by molar-refractivity contribution is 6.18. The lowest BCUT2D eigenvalue weighted by atomic mass is 9.92. The van der Waals surface area contributed by atoms with Gasteiger partial charge in [0.1, 0.15) is 12.7 Å². The highest BCUT2D eigenvalue weighted by Crippen LogP contribution is 2.36. The summed E-state index contributed by atoms with van der Waals surface area (Å²) in [7, 11) is 0. The van der Waals surface area contributed by atoms with E-state index in [1.54, 1.807) is 0 Å². The number of rotatable bonds is 5. The van der Waals surface area contributed by atoms with E-state index >= 15 is 0 Å². The fourth-order valence-corrected chi connectivity index (χ4v) is 6.30. The van der Waals surface area contributed by atoms with Crippen molar-refractivity contribution in [2.24, 2.45) is 0 Å². The van der Waals surface area contributed by atoms with E-state index in [0.717, 1.165) is 48.8 Å². The van der Waals surface area contributed by atoms with E-state index in [0.29, 0.717) is 16.5 Å². The minimum Gasteiger partial charge on any atom is -0.462 e. The molecule has 0 bridgehead atoms. The maximum atomic E-state index is 13.5. The molecule has 1 saturated heterocycles. The Bertz CT molecular complexity index is 2320. The molecular formula is C38H24O8. The SMILES string of the molecule is O=C1C=CC(OC(=O)c2c3ccccc3cc3cc(-c4ccc5c(C(=O)OC6COC(=O)C6)c6ccccc6cc5c4)ccc23)O1. The van der Waals surface area contributed by atoms with Gasteiger partial charge in [-0.25, -0.2) is 14.4 Å². The fraction of sp³-hybridized carbons (Fsp3) is 0.105. The molecule has 8 nitrogen and oxygen atoms in total. The first-order valence-corrected chi connectivity index (χ1v) is 14.8. The van der Waals surface area contributed by atoms with Crippen molar-refractivity contribution in [3.8, 4) is 11.1 Å². The van der Waals surface area contributed by atoms with Crippen LogP contribution >= 0.6 is 0 Å². The van der Waals surface area contributed by atoms with Gasteiger partial charge >= 0.3 is 23.9 Å². The topological polar surface area (TPSA) is 105 Å². The zero-order valence-electron chi connectivity index (χ0n) is 24.2. The van der Waals surface area contributed by atoms with Gasteiger partial charge < -0.3 is 18.9 Å². The van der Waals surface area contributed by atoms with E-state index in [9.17, 15) is 19.2 Å². The molecule has 8 rings (SSSR count). The van der Waals surface area contributed by atoms with E-state index in [-0.39, 0.29) is 19.0 Å². The van der Waals surface area contributed by atoms with Crippen molar-refractivity contribution < 1.29 is 38.1 Å². The summed E-state index contributed by atoms with van der Waals surface area (Å²) in [6, 6.07) is 31.0. The van der Waals surface area contributed by atoms with Crippen molar-refractivity contribution in [2.75, 3.05) is 6.61 Å². The van der Waals surface area contributed by atoms with Gasteiger partial charge in [0.05, 0.1) is 17.5 Å². The summed E-state index contributed by atoms with van der Waals surface area (Å²) < 4.78 is 21.3. The van der Waals surface area contributed by atoms with E-state index in [2.05, 4.69) is 0 Å². The van der Waals surface area contributed by atoms with Crippen LogP contribution in [-0.4, -0.2) is 42.9 Å². The lowest BCUT2D eigenvalue weighted by molar-refractivity contribution is -0.151. The fourth-order valence-electron chi connectivity index (χ4n) is 6.30. The number of fused-ring (bicyclic) bond motifs is 4. The van der Waals surface area contributed by atoms with Gasteiger partial charge in [-0.3, -0.25) is 4.79 Å². The Hall–Kier alpha value is -6.02. The van der Waals surface area contributed by atoms with Gasteiger partial charge in [0.25, 0.3) is 6.29 Å². The highest BCUT2D eigenvalue weighted by Gasteiger charge is 2.29. The molecule has 0 aromatic heterocycles. The zero-order valence-corrected chi connectivity index (χ0v) is 24.2. The molecule has 1 fully saturated rings. The van der Waals surface area contributed by atoms with Gasteiger partial charge in [0, 0.05) is 12.2 Å². The van der Waals surface area contributed by atoms with Crippen molar-refractivity contribution in [1.29, 1.82) is 0 Å². The van der Waals surface area contributed by atoms with Gasteiger partial charge in [0.2, 0.25) is 0 Å². The molecule has 0 amide bonds. The van der Waals surface area contributed by atoms with Crippen molar-refractivity contribution in [1.82, 2.24) is 0 Å². The number of cyclic esters (lactones) is 2. The number of carbonyl (C=O) groups excluding carboxylic acids is 4. The van der Waals surface area contributed by atoms with Crippen molar-refractivity contribution in [3.63, 3.8) is 0 Å². The predicted molar refractivity (Wildman–Crippen MR) is 171 cm³/mol. The van der Waals surface area contributed by atoms with Crippen molar-refractivity contribution >= 4 is 67.0 Å². The summed E-state index contributed by atoms with van der Waals surface area (Å²) in [5.74, 6) is -2.03. The van der Waals surface area contributed by atoms with Gasteiger partial charge in [-0.2, -0.15) is 0 Å². The Kier molecular flexibility index (Phi) is 6.49. The first kappa shape index (κ1) is 27.5. The average Bonchev–Trinajstić information content (AvgIpc) is 3.67. The second-order valence-electron chi connectivity index (χ2n) is 11.3. The molecule has 46 heavy (non-hydrogen) atoms. The summed E-state index contributed by atoms with van der Waals surface area (Å²) >= 11 is 0. The lowest BCUT2D eigenvalue weighted by Gasteiger charge is -2.16. The number of ether oxygens (including phenoxy) is 4. The van der Waals surface area contributed by atoms with Crippen LogP contribution in [0.4, 0.5) is 0 Å². The quantitative estimate of drug-likeness (QED) is 0.117. The van der Waals surface area contributed by atoms with E-state index in [4.69, 9.17) is 18.9 Å². The smallest absolute Gasteiger partial charge is 0.342 e. The number of hydrogen-bond donors (Lipinski definition) is 0. The summed E-state index contributed by atoms with van der Waals surface area (Å²) in [6.07, 6.45) is 0.993. The van der Waals surface area contributed by atoms with E-state index in [1.165, 1.54) is 12.2 Å². The third-order valence-corrected chi connectivity index (χ3v) is 8.41. The molecule has 0 spiro atoms. The Balaban J connectivity index is 1.22. The molecule has 2 aliphatic rings. The Morgan fingerprint density at radius 2 is 1.17 bits per heavy atom. The highest BCUT2D eigenvalue weighted by atomic mass is 16.7. The minimum absolute atomic E-state index is 0.0420. The predicted octanol–water partition coefficient (Wildman–Crippen LogP) is 7.03. The van der Waals surface area contributed by atoms with Crippen molar-refractivity contribution in [2.45, 2.75) is 18.8 Å². The first-order chi connectivity index (χ1) is 22.4. The van der Waals surface area contributed by atoms with Crippen molar-refractivity contribution in [3.05, 3.63) is 120 Å². The Labute approximate surface area is 261 Å². The maximum absolute atomic E-state index is 13.5. The molecule has 0 N–H and O–H groups in total. The molecule has 224 valence electrons. The third kappa shape index (κ3) is 4.80. The number of carbonyl (C=O) groups is 4. The van der Waals surface area contributed by atoms with E-state index < -0.39 is 30.3 Å². The second kappa shape index (κ2) is 10.9. The van der Waals surface area contributed by atoms with Gasteiger partial charge in [0.15, 0.2) is 0 Å². The molecule has 8 heteroatoms. The molecule has 0 aliphatic carbocycles. The van der Waals surface area contributed by atoms with Crippen LogP contribution in [0.3, 0.4) is 0 Å². The first-order valence-electron chi connectivity index (χ1n) is 14.8. The van der Waals surface area contributed by atoms with Crippen LogP contribution in [0.2, 0.25) is 0 Å². The Morgan fingerprint density at radius 3 is 1.70 bits per heavy atom. The standard InChI is InChI=1S/C38H24O8/c39-32-13-14-34(45-32)46-38(42)36-29-8-4-2-6-24(29)18-26-16-22(10-12-31(26)36)21-9-11-30-25(15-21)17-23-5-1-3-7-28(23)35(30)37(41)44-27-19-33(40)43-20-27/h1-18,27,34H,19-20H2. The van der Waals surface area contributed by atoms with Crippen LogP contribution in [0.1, 0.15) is 27.1 Å². The molecule has 2 heterocycles. The number of benzene rings is 6. The van der Waals surface area contributed by atoms with Crippen LogP contribution in [0.15, 0.2) is 109 Å². The molecule has 2 unspecified atom stereocenters. The molecule has 6 aromatic rings. The minimum atomic E-state index is -1.07. The number of hydrogen-bond acceptors (Lipinski definition) is 8. The summed E-state index contributed by atoms with van der Waals surface area (Å²) in [6.45, 7) is 0.0548. The molecule has 2 atom stereocenters. The normalized spacial score (nSPS) is 17.5. The van der Waals surface area contributed by atoms with Gasteiger partial charge in [-0.05, 0) is 78.5 Å². The monoisotopic (exact) mass is 608 g/mol. The Morgan fingerprint density at radius 1 is 0.630 bits per heavy atom. The molecular weight excluding hydrogens is 584 g/mol. The van der Waals surface area contributed by atoms with Crippen LogP contribution in [-0.2, 0) is 28.5 Å². The van der Waals surface area contributed by atoms with Crippen LogP contribution in [0.5, 0.6) is 0 Å². The molecule has 2 aliphatic heterocycles. The zero-order chi connectivity index (χ0) is 31.4. The molecule has 6 aromatic carbocycles. The average molecular weight is 609 g/mol. The summed E-state index contributed by atoms with van der Waals surface area (Å²) in [5, 5.41) is 6.35.